The summed E-state index contributed by atoms with van der Waals surface area (Å²) < 4.78 is 0. The minimum absolute atomic E-state index is 0.0154. The van der Waals surface area contributed by atoms with Gasteiger partial charge in [0.2, 0.25) is 0 Å². The third-order valence-corrected chi connectivity index (χ3v) is 15.3. The summed E-state index contributed by atoms with van der Waals surface area (Å²) in [5.41, 5.74) is 22.2. The molecule has 3 aliphatic rings. The molecule has 0 heterocycles. The van der Waals surface area contributed by atoms with E-state index in [1.54, 1.807) is 0 Å². The van der Waals surface area contributed by atoms with Crippen molar-refractivity contribution in [2.75, 3.05) is 4.90 Å². The second kappa shape index (κ2) is 15.4. The Morgan fingerprint density at radius 3 is 1.41 bits per heavy atom. The van der Waals surface area contributed by atoms with Crippen LogP contribution in [0.3, 0.4) is 0 Å². The molecule has 0 saturated heterocycles. The van der Waals surface area contributed by atoms with E-state index >= 15 is 0 Å². The maximum Gasteiger partial charge on any atom is 0.0468 e. The number of anilines is 3. The van der Waals surface area contributed by atoms with Crippen molar-refractivity contribution in [2.24, 2.45) is 0 Å². The second-order valence-electron chi connectivity index (χ2n) is 19.5. The molecular formula is C62H57N. The molecule has 1 saturated carbocycles. The fourth-order valence-corrected chi connectivity index (χ4v) is 11.9. The van der Waals surface area contributed by atoms with E-state index in [0.717, 1.165) is 0 Å². The normalized spacial score (nSPS) is 16.5. The highest BCUT2D eigenvalue weighted by Crippen LogP contribution is 2.56. The van der Waals surface area contributed by atoms with Crippen molar-refractivity contribution in [2.45, 2.75) is 88.9 Å². The topological polar surface area (TPSA) is 3.24 Å². The zero-order valence-electron chi connectivity index (χ0n) is 37.3. The van der Waals surface area contributed by atoms with Crippen LogP contribution in [-0.4, -0.2) is 0 Å². The van der Waals surface area contributed by atoms with Crippen molar-refractivity contribution in [1.82, 2.24) is 0 Å². The molecule has 3 aliphatic carbocycles. The summed E-state index contributed by atoms with van der Waals surface area (Å²) in [4.78, 5) is 2.53. The van der Waals surface area contributed by atoms with Crippen LogP contribution in [0, 0.1) is 0 Å². The van der Waals surface area contributed by atoms with Gasteiger partial charge < -0.3 is 4.90 Å². The molecule has 0 N–H and O–H groups in total. The number of rotatable bonds is 7. The van der Waals surface area contributed by atoms with Crippen LogP contribution in [0.25, 0.3) is 44.5 Å². The monoisotopic (exact) mass is 815 g/mol. The Hall–Kier alpha value is -6.44. The van der Waals surface area contributed by atoms with Crippen molar-refractivity contribution >= 4 is 17.1 Å². The first-order chi connectivity index (χ1) is 30.8. The Bertz CT molecular complexity index is 2950. The Balaban J connectivity index is 1.09. The molecule has 0 atom stereocenters. The van der Waals surface area contributed by atoms with E-state index in [-0.39, 0.29) is 16.2 Å². The molecule has 1 nitrogen and oxygen atoms in total. The molecule has 0 spiro atoms. The summed E-state index contributed by atoms with van der Waals surface area (Å²) in [5, 5.41) is 0. The zero-order valence-corrected chi connectivity index (χ0v) is 37.3. The highest BCUT2D eigenvalue weighted by molar-refractivity contribution is 5.96. The average Bonchev–Trinajstić information content (AvgIpc) is 3.69. The average molecular weight is 816 g/mol. The van der Waals surface area contributed by atoms with Crippen molar-refractivity contribution in [3.63, 3.8) is 0 Å². The lowest BCUT2D eigenvalue weighted by atomic mass is 9.67. The van der Waals surface area contributed by atoms with Crippen LogP contribution in [0.15, 0.2) is 188 Å². The summed E-state index contributed by atoms with van der Waals surface area (Å²) in [7, 11) is 0. The number of benzene rings is 8. The highest BCUT2D eigenvalue weighted by Gasteiger charge is 2.40. The van der Waals surface area contributed by atoms with E-state index in [2.05, 4.69) is 221 Å². The fraction of sp³-hybridized carbons (Fsp3) is 0.226. The van der Waals surface area contributed by atoms with Gasteiger partial charge in [0.15, 0.2) is 0 Å². The van der Waals surface area contributed by atoms with Gasteiger partial charge in [0, 0.05) is 33.3 Å². The second-order valence-corrected chi connectivity index (χ2v) is 19.5. The van der Waals surface area contributed by atoms with Gasteiger partial charge in [-0.1, -0.05) is 211 Å². The Labute approximate surface area is 375 Å². The first kappa shape index (κ1) is 39.4. The molecule has 0 bridgehead atoms. The lowest BCUT2D eigenvalue weighted by Gasteiger charge is -2.37. The lowest BCUT2D eigenvalue weighted by Crippen LogP contribution is -2.29. The number of nitrogens with zero attached hydrogens (tertiary/aromatic N) is 1. The number of fused-ring (bicyclic) bond motifs is 6. The highest BCUT2D eigenvalue weighted by atomic mass is 15.1. The van der Waals surface area contributed by atoms with Crippen LogP contribution in [-0.2, 0) is 16.2 Å². The molecule has 0 aromatic heterocycles. The van der Waals surface area contributed by atoms with Crippen LogP contribution in [0.5, 0.6) is 0 Å². The van der Waals surface area contributed by atoms with Gasteiger partial charge in [-0.25, -0.2) is 0 Å². The summed E-state index contributed by atoms with van der Waals surface area (Å²) >= 11 is 0. The van der Waals surface area contributed by atoms with Gasteiger partial charge in [-0.2, -0.15) is 0 Å². The summed E-state index contributed by atoms with van der Waals surface area (Å²) in [5.74, 6) is 0. The first-order valence-corrected chi connectivity index (χ1v) is 23.4. The van der Waals surface area contributed by atoms with E-state index in [1.807, 2.05) is 0 Å². The maximum atomic E-state index is 2.53. The summed E-state index contributed by atoms with van der Waals surface area (Å²) in [6.45, 7) is 9.61. The molecule has 0 amide bonds. The molecule has 11 rings (SSSR count). The first-order valence-electron chi connectivity index (χ1n) is 23.4. The molecule has 1 fully saturated rings. The van der Waals surface area contributed by atoms with Crippen molar-refractivity contribution < 1.29 is 0 Å². The van der Waals surface area contributed by atoms with Crippen molar-refractivity contribution in [3.8, 4) is 44.5 Å². The quantitative estimate of drug-likeness (QED) is 0.155. The van der Waals surface area contributed by atoms with E-state index in [4.69, 9.17) is 0 Å². The van der Waals surface area contributed by atoms with E-state index in [0.29, 0.717) is 0 Å². The number of hydrogen-bond acceptors (Lipinski definition) is 1. The predicted octanol–water partition coefficient (Wildman–Crippen LogP) is 17.1. The maximum absolute atomic E-state index is 2.53. The van der Waals surface area contributed by atoms with Gasteiger partial charge in [-0.15, -0.1) is 0 Å². The van der Waals surface area contributed by atoms with Gasteiger partial charge in [-0.05, 0) is 127 Å². The van der Waals surface area contributed by atoms with Crippen LogP contribution in [0.4, 0.5) is 17.1 Å². The standard InChI is InChI=1S/C62H57N/c1-60(2)54-38-36-48(41-53(54)59-51(28-20-30-56(59)60)44-23-13-9-14-24-44)63(47-33-31-46(32-34-47)62(45-25-15-10-16-26-45)39-17-6-5-7-18-40-62)49-35-37-52-57(42-49)61(3,4)55-29-19-27-50(58(52)55)43-21-11-8-12-22-43/h8-16,19-38,41-42H,5-7,17-18,39-40H2,1-4H3. The Morgan fingerprint density at radius 2 is 0.810 bits per heavy atom. The molecule has 0 aliphatic heterocycles. The smallest absolute Gasteiger partial charge is 0.0468 e. The molecule has 310 valence electrons. The molecule has 8 aromatic carbocycles. The Kier molecular flexibility index (Phi) is 9.65. The fourth-order valence-electron chi connectivity index (χ4n) is 11.9. The van der Waals surface area contributed by atoms with E-state index in [1.165, 1.54) is 140 Å². The molecule has 0 unspecified atom stereocenters. The molecule has 63 heavy (non-hydrogen) atoms. The van der Waals surface area contributed by atoms with Crippen molar-refractivity contribution in [3.05, 3.63) is 221 Å². The van der Waals surface area contributed by atoms with E-state index in [9.17, 15) is 0 Å². The molecule has 8 aromatic rings. The van der Waals surface area contributed by atoms with Crippen LogP contribution < -0.4 is 4.90 Å². The third-order valence-electron chi connectivity index (χ3n) is 15.3. The summed E-state index contributed by atoms with van der Waals surface area (Å²) in [6.07, 6.45) is 8.89. The lowest BCUT2D eigenvalue weighted by molar-refractivity contribution is 0.366. The minimum atomic E-state index is -0.174. The third kappa shape index (κ3) is 6.42. The molecule has 0 radical (unpaired) electrons. The van der Waals surface area contributed by atoms with Gasteiger partial charge in [0.1, 0.15) is 0 Å². The largest absolute Gasteiger partial charge is 0.310 e. The van der Waals surface area contributed by atoms with E-state index < -0.39 is 0 Å². The molecular weight excluding hydrogens is 759 g/mol. The van der Waals surface area contributed by atoms with Gasteiger partial charge >= 0.3 is 0 Å². The van der Waals surface area contributed by atoms with Crippen molar-refractivity contribution in [1.29, 1.82) is 0 Å². The minimum Gasteiger partial charge on any atom is -0.310 e. The Morgan fingerprint density at radius 1 is 0.333 bits per heavy atom. The van der Waals surface area contributed by atoms with Crippen LogP contribution >= 0.6 is 0 Å². The predicted molar refractivity (Wildman–Crippen MR) is 267 cm³/mol. The van der Waals surface area contributed by atoms with Gasteiger partial charge in [0.25, 0.3) is 0 Å². The number of hydrogen-bond donors (Lipinski definition) is 0. The van der Waals surface area contributed by atoms with Crippen LogP contribution in [0.1, 0.15) is 106 Å². The molecule has 1 heteroatoms. The zero-order chi connectivity index (χ0) is 42.8. The van der Waals surface area contributed by atoms with Gasteiger partial charge in [0.05, 0.1) is 0 Å². The summed E-state index contributed by atoms with van der Waals surface area (Å²) in [6, 6.07) is 71.4. The van der Waals surface area contributed by atoms with Gasteiger partial charge in [-0.3, -0.25) is 0 Å². The SMILES string of the molecule is CC1(C)c2ccc(N(c3ccc(C4(c5ccccc5)CCCCCCC4)cc3)c3ccc4c(c3)C(C)(C)c3cccc(-c5ccccc5)c3-4)cc2-c2c(-c3ccccc3)cccc21. The van der Waals surface area contributed by atoms with Crippen LogP contribution in [0.2, 0.25) is 0 Å².